The number of hydrogen-bond donors (Lipinski definition) is 5. The number of carboxylic acid groups (broad SMARTS) is 1. The number of nitrogens with one attached hydrogen (secondary N) is 3. The highest BCUT2D eigenvalue weighted by Crippen LogP contribution is 2.40. The van der Waals surface area contributed by atoms with Crippen LogP contribution in [0.1, 0.15) is 41.4 Å². The largest absolute Gasteiger partial charge is 0.508 e. The lowest BCUT2D eigenvalue weighted by molar-refractivity contribution is -0.142. The Morgan fingerprint density at radius 3 is 2.38 bits per heavy atom. The fraction of sp³-hybridized carbons (Fsp3) is 0.286. The third-order valence-corrected chi connectivity index (χ3v) is 4.78. The maximum absolute atomic E-state index is 12.7. The summed E-state index contributed by atoms with van der Waals surface area (Å²) >= 11 is 0. The Bertz CT molecular complexity index is 940. The van der Waals surface area contributed by atoms with E-state index in [4.69, 9.17) is 0 Å². The summed E-state index contributed by atoms with van der Waals surface area (Å²) in [5.74, 6) is -2.30. The molecule has 0 aromatic heterocycles. The summed E-state index contributed by atoms with van der Waals surface area (Å²) in [5, 5.41) is 27.7. The van der Waals surface area contributed by atoms with Gasteiger partial charge in [-0.15, -0.1) is 0 Å². The summed E-state index contributed by atoms with van der Waals surface area (Å²) in [6.45, 7) is 3.69. The molecule has 0 radical (unpaired) electrons. The molecule has 3 rings (SSSR count). The molecular formula is C21H23N3O5. The van der Waals surface area contributed by atoms with Crippen molar-refractivity contribution in [2.45, 2.75) is 32.4 Å². The lowest BCUT2D eigenvalue weighted by atomic mass is 10.00. The van der Waals surface area contributed by atoms with Crippen LogP contribution in [0.3, 0.4) is 0 Å². The van der Waals surface area contributed by atoms with Crippen molar-refractivity contribution in [2.75, 3.05) is 5.32 Å². The maximum atomic E-state index is 12.7. The molecule has 0 unspecified atom stereocenters. The maximum Gasteiger partial charge on any atom is 0.319 e. The minimum absolute atomic E-state index is 0.00374. The number of phenols is 1. The number of hydrogen-bond acceptors (Lipinski definition) is 4. The molecule has 3 amide bonds. The summed E-state index contributed by atoms with van der Waals surface area (Å²) in [4.78, 5) is 36.1. The lowest BCUT2D eigenvalue weighted by Crippen LogP contribution is -2.35. The summed E-state index contributed by atoms with van der Waals surface area (Å²) in [7, 11) is 0. The molecule has 29 heavy (non-hydrogen) atoms. The molecule has 1 aliphatic carbocycles. The number of fused-ring (bicyclic) bond motifs is 1. The minimum Gasteiger partial charge on any atom is -0.508 e. The summed E-state index contributed by atoms with van der Waals surface area (Å²) in [5.41, 5.74) is 2.01. The number of phenolic OH excluding ortho intramolecular Hbond substituents is 1. The van der Waals surface area contributed by atoms with Crippen molar-refractivity contribution in [1.29, 1.82) is 0 Å². The molecular weight excluding hydrogens is 374 g/mol. The summed E-state index contributed by atoms with van der Waals surface area (Å²) in [6.07, 6.45) is 0.149. The molecule has 0 heterocycles. The molecule has 8 nitrogen and oxygen atoms in total. The van der Waals surface area contributed by atoms with E-state index < -0.39 is 23.8 Å². The molecule has 0 aliphatic heterocycles. The Kier molecular flexibility index (Phi) is 5.72. The van der Waals surface area contributed by atoms with E-state index in [0.29, 0.717) is 22.4 Å². The van der Waals surface area contributed by atoms with Gasteiger partial charge in [0.05, 0.1) is 12.0 Å². The predicted molar refractivity (Wildman–Crippen MR) is 107 cm³/mol. The highest BCUT2D eigenvalue weighted by molar-refractivity contribution is 5.96. The SMILES string of the molecule is CC(C)NC(=O)Nc1ccc(C(=O)N[C@H]2c3cccc(O)c3C[C@H]2C(=O)O)cc1. The van der Waals surface area contributed by atoms with Crippen molar-refractivity contribution in [2.24, 2.45) is 5.92 Å². The zero-order chi connectivity index (χ0) is 21.1. The van der Waals surface area contributed by atoms with Gasteiger partial charge in [-0.2, -0.15) is 0 Å². The number of carbonyl (C=O) groups is 3. The van der Waals surface area contributed by atoms with Crippen molar-refractivity contribution in [1.82, 2.24) is 10.6 Å². The van der Waals surface area contributed by atoms with Crippen molar-refractivity contribution in [3.05, 3.63) is 59.2 Å². The fourth-order valence-corrected chi connectivity index (χ4v) is 3.43. The van der Waals surface area contributed by atoms with E-state index in [2.05, 4.69) is 16.0 Å². The van der Waals surface area contributed by atoms with Crippen molar-refractivity contribution in [3.8, 4) is 5.75 Å². The van der Waals surface area contributed by atoms with E-state index in [1.165, 1.54) is 6.07 Å². The number of amides is 3. The monoisotopic (exact) mass is 397 g/mol. The van der Waals surface area contributed by atoms with Gasteiger partial charge < -0.3 is 26.2 Å². The van der Waals surface area contributed by atoms with Gasteiger partial charge in [-0.1, -0.05) is 12.1 Å². The number of carbonyl (C=O) groups excluding carboxylic acids is 2. The summed E-state index contributed by atoms with van der Waals surface area (Å²) < 4.78 is 0. The van der Waals surface area contributed by atoms with Gasteiger partial charge in [-0.05, 0) is 56.2 Å². The van der Waals surface area contributed by atoms with Crippen molar-refractivity contribution >= 4 is 23.6 Å². The van der Waals surface area contributed by atoms with E-state index in [1.54, 1.807) is 36.4 Å². The molecule has 0 saturated carbocycles. The Balaban J connectivity index is 1.73. The lowest BCUT2D eigenvalue weighted by Gasteiger charge is -2.19. The Morgan fingerprint density at radius 1 is 1.07 bits per heavy atom. The van der Waals surface area contributed by atoms with Crippen molar-refractivity contribution in [3.63, 3.8) is 0 Å². The quantitative estimate of drug-likeness (QED) is 0.530. The molecule has 2 atom stereocenters. The molecule has 8 heteroatoms. The standard InChI is InChI=1S/C21H23N3O5/c1-11(2)22-21(29)23-13-8-6-12(7-9-13)19(26)24-18-14-4-3-5-17(25)15(14)10-16(18)20(27)28/h3-9,11,16,18,25H,10H2,1-2H3,(H,24,26)(H,27,28)(H2,22,23,29)/t16-,18+/m1/s1. The molecule has 152 valence electrons. The Labute approximate surface area is 167 Å². The second kappa shape index (κ2) is 8.22. The number of aliphatic carboxylic acids is 1. The average Bonchev–Trinajstić information content (AvgIpc) is 3.02. The van der Waals surface area contributed by atoms with Gasteiger partial charge in [-0.3, -0.25) is 9.59 Å². The molecule has 1 aliphatic rings. The number of benzene rings is 2. The first-order valence-corrected chi connectivity index (χ1v) is 9.28. The summed E-state index contributed by atoms with van der Waals surface area (Å²) in [6, 6.07) is 10.0. The van der Waals surface area contributed by atoms with E-state index in [0.717, 1.165) is 0 Å². The zero-order valence-electron chi connectivity index (χ0n) is 16.1. The third-order valence-electron chi connectivity index (χ3n) is 4.78. The van der Waals surface area contributed by atoms with Crippen LogP contribution in [0, 0.1) is 5.92 Å². The number of rotatable bonds is 5. The fourth-order valence-electron chi connectivity index (χ4n) is 3.43. The first-order chi connectivity index (χ1) is 13.8. The molecule has 2 aromatic carbocycles. The van der Waals surface area contributed by atoms with E-state index in [9.17, 15) is 24.6 Å². The van der Waals surface area contributed by atoms with Crippen LogP contribution in [0.15, 0.2) is 42.5 Å². The van der Waals surface area contributed by atoms with Gasteiger partial charge in [0.15, 0.2) is 0 Å². The number of urea groups is 1. The normalized spacial score (nSPS) is 17.5. The first-order valence-electron chi connectivity index (χ1n) is 9.28. The van der Waals surface area contributed by atoms with Gasteiger partial charge >= 0.3 is 12.0 Å². The number of aromatic hydroxyl groups is 1. The van der Waals surface area contributed by atoms with Crippen LogP contribution in [-0.2, 0) is 11.2 Å². The van der Waals surface area contributed by atoms with Crippen LogP contribution in [0.5, 0.6) is 5.75 Å². The minimum atomic E-state index is -1.04. The van der Waals surface area contributed by atoms with Gasteiger partial charge in [0, 0.05) is 22.9 Å². The first kappa shape index (κ1) is 20.2. The Hall–Kier alpha value is -3.55. The van der Waals surface area contributed by atoms with Gasteiger partial charge in [0.1, 0.15) is 5.75 Å². The second-order valence-corrected chi connectivity index (χ2v) is 7.28. The van der Waals surface area contributed by atoms with Crippen LogP contribution in [-0.4, -0.2) is 34.2 Å². The highest BCUT2D eigenvalue weighted by Gasteiger charge is 2.39. The predicted octanol–water partition coefficient (Wildman–Crippen LogP) is 2.65. The van der Waals surface area contributed by atoms with Crippen LogP contribution >= 0.6 is 0 Å². The van der Waals surface area contributed by atoms with E-state index in [-0.39, 0.29) is 24.2 Å². The Morgan fingerprint density at radius 2 is 1.76 bits per heavy atom. The number of carboxylic acids is 1. The second-order valence-electron chi connectivity index (χ2n) is 7.28. The van der Waals surface area contributed by atoms with Crippen LogP contribution in [0.25, 0.3) is 0 Å². The molecule has 0 saturated heterocycles. The van der Waals surface area contributed by atoms with Gasteiger partial charge in [0.25, 0.3) is 5.91 Å². The van der Waals surface area contributed by atoms with E-state index in [1.807, 2.05) is 13.8 Å². The molecule has 0 bridgehead atoms. The molecule has 5 N–H and O–H groups in total. The topological polar surface area (TPSA) is 128 Å². The highest BCUT2D eigenvalue weighted by atomic mass is 16.4. The van der Waals surface area contributed by atoms with Gasteiger partial charge in [0.2, 0.25) is 0 Å². The van der Waals surface area contributed by atoms with E-state index >= 15 is 0 Å². The van der Waals surface area contributed by atoms with Crippen LogP contribution < -0.4 is 16.0 Å². The van der Waals surface area contributed by atoms with Crippen LogP contribution in [0.4, 0.5) is 10.5 Å². The zero-order valence-corrected chi connectivity index (χ0v) is 16.1. The molecule has 2 aromatic rings. The smallest absolute Gasteiger partial charge is 0.319 e. The number of anilines is 1. The molecule has 0 fully saturated rings. The molecule has 0 spiro atoms. The average molecular weight is 397 g/mol. The van der Waals surface area contributed by atoms with Crippen LogP contribution in [0.2, 0.25) is 0 Å². The third kappa shape index (κ3) is 4.48. The van der Waals surface area contributed by atoms with Crippen molar-refractivity contribution < 1.29 is 24.6 Å². The van der Waals surface area contributed by atoms with Gasteiger partial charge in [-0.25, -0.2) is 4.79 Å².